The molecule has 0 aromatic heterocycles. The lowest BCUT2D eigenvalue weighted by molar-refractivity contribution is -0.0136. The summed E-state index contributed by atoms with van der Waals surface area (Å²) in [6, 6.07) is 9.24. The zero-order valence-electron chi connectivity index (χ0n) is 11.7. The topological polar surface area (TPSA) is 35.5 Å². The van der Waals surface area contributed by atoms with Crippen LogP contribution in [0.4, 0.5) is 0 Å². The lowest BCUT2D eigenvalue weighted by atomic mass is 10.1. The van der Waals surface area contributed by atoms with Crippen LogP contribution in [-0.2, 0) is 9.47 Å². The van der Waals surface area contributed by atoms with E-state index in [1.54, 1.807) is 7.11 Å². The van der Waals surface area contributed by atoms with Crippen molar-refractivity contribution in [1.29, 1.82) is 0 Å². The minimum Gasteiger partial charge on any atom is -0.359 e. The van der Waals surface area contributed by atoms with Crippen molar-refractivity contribution in [2.45, 2.75) is 19.5 Å². The molecule has 0 aliphatic carbocycles. The zero-order valence-corrected chi connectivity index (χ0v) is 12.7. The summed E-state index contributed by atoms with van der Waals surface area (Å²) in [4.78, 5) is 11.9. The van der Waals surface area contributed by atoms with Crippen molar-refractivity contribution in [3.05, 3.63) is 35.9 Å². The summed E-state index contributed by atoms with van der Waals surface area (Å²) in [6.45, 7) is 4.52. The van der Waals surface area contributed by atoms with Gasteiger partial charge in [-0.15, -0.1) is 11.5 Å². The number of ketones is 1. The third-order valence-electron chi connectivity index (χ3n) is 2.44. The Labute approximate surface area is 115 Å². The van der Waals surface area contributed by atoms with E-state index in [2.05, 4.69) is 24.6 Å². The molecular formula is C15H20O3Si. The van der Waals surface area contributed by atoms with Gasteiger partial charge in [-0.25, -0.2) is 0 Å². The Morgan fingerprint density at radius 2 is 1.95 bits per heavy atom. The summed E-state index contributed by atoms with van der Waals surface area (Å²) in [6.07, 6.45) is 0.887. The molecule has 1 rings (SSSR count). The second-order valence-corrected chi connectivity index (χ2v) is 9.21. The normalized spacial score (nSPS) is 10.7. The molecule has 0 saturated carbocycles. The Morgan fingerprint density at radius 1 is 1.26 bits per heavy atom. The average Bonchev–Trinajstić information content (AvgIpc) is 2.39. The molecule has 0 atom stereocenters. The monoisotopic (exact) mass is 276 g/mol. The quantitative estimate of drug-likeness (QED) is 0.263. The Morgan fingerprint density at radius 3 is 2.58 bits per heavy atom. The first-order valence-electron chi connectivity index (χ1n) is 6.20. The van der Waals surface area contributed by atoms with Crippen LogP contribution in [0.2, 0.25) is 13.1 Å². The van der Waals surface area contributed by atoms with Crippen LogP contribution in [0.25, 0.3) is 0 Å². The van der Waals surface area contributed by atoms with Gasteiger partial charge in [-0.05, 0) is 0 Å². The van der Waals surface area contributed by atoms with Crippen molar-refractivity contribution in [2.75, 3.05) is 20.1 Å². The molecule has 0 heterocycles. The molecule has 19 heavy (non-hydrogen) atoms. The van der Waals surface area contributed by atoms with E-state index in [4.69, 9.17) is 9.47 Å². The van der Waals surface area contributed by atoms with Crippen molar-refractivity contribution in [1.82, 2.24) is 0 Å². The van der Waals surface area contributed by atoms with E-state index < -0.39 is 8.07 Å². The van der Waals surface area contributed by atoms with Crippen LogP contribution >= 0.6 is 0 Å². The summed E-state index contributed by atoms with van der Waals surface area (Å²) >= 11 is 0. The molecule has 102 valence electrons. The maximum Gasteiger partial charge on any atom is 0.174 e. The number of Topliss-reactive ketones (excluding diaryl/α,β-unsaturated/α-hetero) is 1. The molecule has 0 spiro atoms. The minimum atomic E-state index is -1.72. The van der Waals surface area contributed by atoms with E-state index in [-0.39, 0.29) is 12.2 Å². The molecule has 0 amide bonds. The van der Waals surface area contributed by atoms with Gasteiger partial charge in [-0.1, -0.05) is 43.4 Å². The molecule has 0 bridgehead atoms. The standard InChI is InChI=1S/C15H20O3Si/c1-17-12-18-13-19(2,3)11-7-10-15(16)14-8-5-4-6-9-14/h4-6,8-9H,10,12-13H2,1-3H3. The van der Waals surface area contributed by atoms with E-state index in [1.165, 1.54) is 0 Å². The summed E-state index contributed by atoms with van der Waals surface area (Å²) < 4.78 is 10.2. The number of benzene rings is 1. The number of ether oxygens (including phenoxy) is 2. The predicted molar refractivity (Wildman–Crippen MR) is 78.5 cm³/mol. The molecule has 4 heteroatoms. The van der Waals surface area contributed by atoms with E-state index in [1.807, 2.05) is 30.3 Å². The molecule has 1 aromatic carbocycles. The minimum absolute atomic E-state index is 0.0655. The van der Waals surface area contributed by atoms with Crippen LogP contribution in [0, 0.1) is 11.5 Å². The maximum absolute atomic E-state index is 11.9. The molecule has 0 aliphatic rings. The van der Waals surface area contributed by atoms with Crippen molar-refractivity contribution in [3.8, 4) is 11.5 Å². The fourth-order valence-corrected chi connectivity index (χ4v) is 2.74. The van der Waals surface area contributed by atoms with E-state index >= 15 is 0 Å². The van der Waals surface area contributed by atoms with Gasteiger partial charge in [-0.3, -0.25) is 4.79 Å². The van der Waals surface area contributed by atoms with Crippen LogP contribution in [0.1, 0.15) is 16.8 Å². The van der Waals surface area contributed by atoms with Gasteiger partial charge in [0.25, 0.3) is 0 Å². The highest BCUT2D eigenvalue weighted by Gasteiger charge is 2.18. The fourth-order valence-electron chi connectivity index (χ4n) is 1.51. The average molecular weight is 276 g/mol. The molecule has 0 N–H and O–H groups in total. The summed E-state index contributed by atoms with van der Waals surface area (Å²) in [5.74, 6) is 3.06. The number of rotatable bonds is 6. The van der Waals surface area contributed by atoms with Gasteiger partial charge in [-0.2, -0.15) is 0 Å². The Kier molecular flexibility index (Phi) is 6.50. The van der Waals surface area contributed by atoms with Crippen molar-refractivity contribution >= 4 is 13.9 Å². The van der Waals surface area contributed by atoms with Gasteiger partial charge >= 0.3 is 0 Å². The van der Waals surface area contributed by atoms with Crippen LogP contribution in [0.15, 0.2) is 30.3 Å². The molecule has 0 unspecified atom stereocenters. The van der Waals surface area contributed by atoms with Crippen LogP contribution in [-0.4, -0.2) is 34.0 Å². The van der Waals surface area contributed by atoms with Gasteiger partial charge in [0, 0.05) is 12.7 Å². The van der Waals surface area contributed by atoms with E-state index in [0.717, 1.165) is 0 Å². The SMILES string of the molecule is COCOC[Si](C)(C)C#CCC(=O)c1ccccc1. The fraction of sp³-hybridized carbons (Fsp3) is 0.400. The van der Waals surface area contributed by atoms with Crippen LogP contribution in [0.5, 0.6) is 0 Å². The molecule has 0 fully saturated rings. The van der Waals surface area contributed by atoms with E-state index in [9.17, 15) is 4.79 Å². The molecule has 1 aromatic rings. The summed E-state index contributed by atoms with van der Waals surface area (Å²) in [5.41, 5.74) is 3.92. The van der Waals surface area contributed by atoms with Crippen molar-refractivity contribution in [2.24, 2.45) is 0 Å². The Bertz CT molecular complexity index is 457. The smallest absolute Gasteiger partial charge is 0.174 e. The van der Waals surface area contributed by atoms with Gasteiger partial charge < -0.3 is 9.47 Å². The lowest BCUT2D eigenvalue weighted by Gasteiger charge is -2.14. The van der Waals surface area contributed by atoms with Gasteiger partial charge in [0.1, 0.15) is 6.79 Å². The number of carbonyl (C=O) groups excluding carboxylic acids is 1. The first-order valence-corrected chi connectivity index (χ1v) is 9.41. The van der Waals surface area contributed by atoms with Gasteiger partial charge in [0.15, 0.2) is 13.9 Å². The second-order valence-electron chi connectivity index (χ2n) is 4.91. The number of hydrogen-bond acceptors (Lipinski definition) is 3. The summed E-state index contributed by atoms with van der Waals surface area (Å²) in [5, 5.41) is 0. The number of hydrogen-bond donors (Lipinski definition) is 0. The molecule has 3 nitrogen and oxygen atoms in total. The Hall–Kier alpha value is -1.41. The van der Waals surface area contributed by atoms with Crippen molar-refractivity contribution < 1.29 is 14.3 Å². The number of carbonyl (C=O) groups is 1. The first kappa shape index (κ1) is 15.6. The highest BCUT2D eigenvalue weighted by Crippen LogP contribution is 2.04. The third kappa shape index (κ3) is 6.34. The maximum atomic E-state index is 11.9. The molecule has 0 saturated heterocycles. The third-order valence-corrected chi connectivity index (χ3v) is 4.21. The highest BCUT2D eigenvalue weighted by atomic mass is 28.3. The van der Waals surface area contributed by atoms with Gasteiger partial charge in [0.05, 0.1) is 12.7 Å². The molecular weight excluding hydrogens is 256 g/mol. The molecule has 0 aliphatic heterocycles. The highest BCUT2D eigenvalue weighted by molar-refractivity contribution is 6.85. The van der Waals surface area contributed by atoms with Crippen LogP contribution < -0.4 is 0 Å². The number of methoxy groups -OCH3 is 1. The molecule has 0 radical (unpaired) electrons. The second kappa shape index (κ2) is 7.90. The van der Waals surface area contributed by atoms with Crippen molar-refractivity contribution in [3.63, 3.8) is 0 Å². The van der Waals surface area contributed by atoms with E-state index in [0.29, 0.717) is 18.6 Å². The van der Waals surface area contributed by atoms with Crippen LogP contribution in [0.3, 0.4) is 0 Å². The zero-order chi connectivity index (χ0) is 14.1. The largest absolute Gasteiger partial charge is 0.359 e. The first-order chi connectivity index (χ1) is 9.05. The Balaban J connectivity index is 2.48. The predicted octanol–water partition coefficient (Wildman–Crippen LogP) is 2.67. The summed E-state index contributed by atoms with van der Waals surface area (Å²) in [7, 11) is -0.128. The lowest BCUT2D eigenvalue weighted by Crippen LogP contribution is -2.31. The van der Waals surface area contributed by atoms with Gasteiger partial charge in [0.2, 0.25) is 0 Å².